The second kappa shape index (κ2) is 10.5. The van der Waals surface area contributed by atoms with E-state index in [1.165, 1.54) is 22.6 Å². The van der Waals surface area contributed by atoms with Crippen molar-refractivity contribution in [2.75, 3.05) is 36.2 Å². The molecule has 1 aliphatic rings. The van der Waals surface area contributed by atoms with Crippen LogP contribution in [0.2, 0.25) is 0 Å². The molecule has 2 aromatic rings. The number of hydrogen-bond donors (Lipinski definition) is 1. The van der Waals surface area contributed by atoms with Gasteiger partial charge in [0.2, 0.25) is 0 Å². The molecule has 5 nitrogen and oxygen atoms in total. The van der Waals surface area contributed by atoms with Gasteiger partial charge in [0.15, 0.2) is 6.67 Å². The van der Waals surface area contributed by atoms with E-state index in [-0.39, 0.29) is 31.7 Å². The standard InChI is InChI=1S/C24H28F2N2O3/c1-17-20(7-6-19-4-2-10-27(11-13-30)24(17)19)16-28(23(31)15-25)21-9-8-18(5-3-12-29)22(26)14-21/h6-9,12,14,30H,2-5,10-11,13,15-16H2,1H3. The SMILES string of the molecule is Cc1c(CN(C(=O)CF)c2ccc(CCC=O)c(F)c2)ccc2c1N(CCO)CCC2. The number of amides is 1. The summed E-state index contributed by atoms with van der Waals surface area (Å²) < 4.78 is 27.9. The molecule has 1 heterocycles. The number of fused-ring (bicyclic) bond motifs is 1. The number of alkyl halides is 1. The lowest BCUT2D eigenvalue weighted by Crippen LogP contribution is -2.34. The molecule has 0 bridgehead atoms. The number of aliphatic hydroxyl groups excluding tert-OH is 1. The molecule has 166 valence electrons. The van der Waals surface area contributed by atoms with Crippen molar-refractivity contribution in [2.45, 2.75) is 39.2 Å². The maximum absolute atomic E-state index is 14.5. The summed E-state index contributed by atoms with van der Waals surface area (Å²) >= 11 is 0. The highest BCUT2D eigenvalue weighted by Gasteiger charge is 2.23. The van der Waals surface area contributed by atoms with Crippen LogP contribution in [0.3, 0.4) is 0 Å². The Hall–Kier alpha value is -2.80. The number of nitrogens with zero attached hydrogens (tertiary/aromatic N) is 2. The number of aryl methyl sites for hydroxylation is 2. The molecule has 2 aromatic carbocycles. The van der Waals surface area contributed by atoms with E-state index in [2.05, 4.69) is 4.90 Å². The van der Waals surface area contributed by atoms with Crippen LogP contribution in [-0.4, -0.2) is 43.7 Å². The first kappa shape index (κ1) is 22.9. The number of hydrogen-bond acceptors (Lipinski definition) is 4. The van der Waals surface area contributed by atoms with Crippen LogP contribution < -0.4 is 9.80 Å². The predicted octanol–water partition coefficient (Wildman–Crippen LogP) is 3.51. The van der Waals surface area contributed by atoms with E-state index in [9.17, 15) is 23.5 Å². The predicted molar refractivity (Wildman–Crippen MR) is 117 cm³/mol. The Labute approximate surface area is 181 Å². The third-order valence-electron chi connectivity index (χ3n) is 5.81. The Morgan fingerprint density at radius 2 is 2.03 bits per heavy atom. The highest BCUT2D eigenvalue weighted by atomic mass is 19.1. The molecule has 3 rings (SSSR count). The fraction of sp³-hybridized carbons (Fsp3) is 0.417. The van der Waals surface area contributed by atoms with E-state index in [1.54, 1.807) is 6.07 Å². The van der Waals surface area contributed by atoms with E-state index < -0.39 is 18.4 Å². The summed E-state index contributed by atoms with van der Waals surface area (Å²) in [6.45, 7) is 2.31. The molecule has 0 saturated carbocycles. The zero-order chi connectivity index (χ0) is 22.4. The van der Waals surface area contributed by atoms with Crippen molar-refractivity contribution in [3.63, 3.8) is 0 Å². The van der Waals surface area contributed by atoms with Gasteiger partial charge < -0.3 is 19.7 Å². The normalized spacial score (nSPS) is 13.1. The first-order valence-corrected chi connectivity index (χ1v) is 10.6. The average molecular weight is 430 g/mol. The zero-order valence-corrected chi connectivity index (χ0v) is 17.7. The van der Waals surface area contributed by atoms with Crippen molar-refractivity contribution >= 4 is 23.6 Å². The quantitative estimate of drug-likeness (QED) is 0.619. The monoisotopic (exact) mass is 430 g/mol. The molecule has 0 spiro atoms. The lowest BCUT2D eigenvalue weighted by atomic mass is 9.94. The van der Waals surface area contributed by atoms with Gasteiger partial charge in [0, 0.05) is 30.9 Å². The van der Waals surface area contributed by atoms with Crippen molar-refractivity contribution in [3.05, 3.63) is 58.4 Å². The summed E-state index contributed by atoms with van der Waals surface area (Å²) in [4.78, 5) is 26.3. The van der Waals surface area contributed by atoms with Crippen LogP contribution in [0.5, 0.6) is 0 Å². The molecule has 7 heteroatoms. The van der Waals surface area contributed by atoms with Crippen LogP contribution in [-0.2, 0) is 29.0 Å². The Bertz CT molecular complexity index is 949. The molecule has 31 heavy (non-hydrogen) atoms. The first-order chi connectivity index (χ1) is 15.0. The Balaban J connectivity index is 1.94. The maximum atomic E-state index is 14.5. The number of aliphatic hydroxyl groups is 1. The van der Waals surface area contributed by atoms with Gasteiger partial charge >= 0.3 is 0 Å². The van der Waals surface area contributed by atoms with Gasteiger partial charge in [-0.1, -0.05) is 18.2 Å². The maximum Gasteiger partial charge on any atom is 0.258 e. The van der Waals surface area contributed by atoms with E-state index in [1.807, 2.05) is 19.1 Å². The topological polar surface area (TPSA) is 60.9 Å². The molecule has 0 radical (unpaired) electrons. The second-order valence-corrected chi connectivity index (χ2v) is 7.77. The summed E-state index contributed by atoms with van der Waals surface area (Å²) in [5, 5.41) is 9.41. The van der Waals surface area contributed by atoms with Gasteiger partial charge in [-0.3, -0.25) is 4.79 Å². The Kier molecular flexibility index (Phi) is 7.74. The highest BCUT2D eigenvalue weighted by Crippen LogP contribution is 2.34. The fourth-order valence-corrected chi connectivity index (χ4v) is 4.22. The van der Waals surface area contributed by atoms with Gasteiger partial charge in [-0.15, -0.1) is 0 Å². The summed E-state index contributed by atoms with van der Waals surface area (Å²) in [5.41, 5.74) is 4.73. The van der Waals surface area contributed by atoms with Crippen molar-refractivity contribution in [1.82, 2.24) is 0 Å². The molecule has 0 fully saturated rings. The largest absolute Gasteiger partial charge is 0.395 e. The molecule has 0 atom stereocenters. The van der Waals surface area contributed by atoms with E-state index in [0.29, 0.717) is 12.1 Å². The molecule has 0 aromatic heterocycles. The molecule has 0 unspecified atom stereocenters. The molecule has 0 saturated heterocycles. The third-order valence-corrected chi connectivity index (χ3v) is 5.81. The lowest BCUT2D eigenvalue weighted by molar-refractivity contribution is -0.119. The van der Waals surface area contributed by atoms with Crippen LogP contribution in [0.15, 0.2) is 30.3 Å². The van der Waals surface area contributed by atoms with Crippen LogP contribution in [0.25, 0.3) is 0 Å². The Morgan fingerprint density at radius 3 is 2.71 bits per heavy atom. The van der Waals surface area contributed by atoms with Crippen molar-refractivity contribution in [2.24, 2.45) is 0 Å². The summed E-state index contributed by atoms with van der Waals surface area (Å²) in [6.07, 6.45) is 3.16. The first-order valence-electron chi connectivity index (χ1n) is 10.6. The minimum atomic E-state index is -1.19. The minimum absolute atomic E-state index is 0.0469. The summed E-state index contributed by atoms with van der Waals surface area (Å²) in [6, 6.07) is 8.30. The van der Waals surface area contributed by atoms with E-state index in [0.717, 1.165) is 42.5 Å². The summed E-state index contributed by atoms with van der Waals surface area (Å²) in [5.74, 6) is -1.27. The highest BCUT2D eigenvalue weighted by molar-refractivity contribution is 5.94. The van der Waals surface area contributed by atoms with Gasteiger partial charge in [0.1, 0.15) is 12.1 Å². The van der Waals surface area contributed by atoms with Crippen molar-refractivity contribution < 1.29 is 23.5 Å². The third kappa shape index (κ3) is 5.10. The zero-order valence-electron chi connectivity index (χ0n) is 17.7. The van der Waals surface area contributed by atoms with Crippen LogP contribution in [0.1, 0.15) is 35.1 Å². The van der Waals surface area contributed by atoms with Gasteiger partial charge in [0.25, 0.3) is 5.91 Å². The molecule has 1 amide bonds. The lowest BCUT2D eigenvalue weighted by Gasteiger charge is -2.34. The minimum Gasteiger partial charge on any atom is -0.395 e. The number of halogens is 2. The van der Waals surface area contributed by atoms with Crippen LogP contribution in [0.4, 0.5) is 20.2 Å². The van der Waals surface area contributed by atoms with Gasteiger partial charge in [0.05, 0.1) is 13.2 Å². The smallest absolute Gasteiger partial charge is 0.258 e. The number of anilines is 2. The van der Waals surface area contributed by atoms with Crippen molar-refractivity contribution in [1.29, 1.82) is 0 Å². The molecular weight excluding hydrogens is 402 g/mol. The average Bonchev–Trinajstić information content (AvgIpc) is 2.77. The second-order valence-electron chi connectivity index (χ2n) is 7.77. The van der Waals surface area contributed by atoms with Gasteiger partial charge in [-0.25, -0.2) is 8.78 Å². The number of carbonyl (C=O) groups is 2. The number of benzene rings is 2. The van der Waals surface area contributed by atoms with Crippen LogP contribution in [0, 0.1) is 12.7 Å². The van der Waals surface area contributed by atoms with Gasteiger partial charge in [-0.2, -0.15) is 0 Å². The van der Waals surface area contributed by atoms with Gasteiger partial charge in [-0.05, 0) is 60.6 Å². The molecular formula is C24H28F2N2O3. The number of β-amino-alcohol motifs (C(OH)–C–C–N with tert-alkyl or cyclic N) is 1. The number of rotatable bonds is 9. The van der Waals surface area contributed by atoms with Crippen molar-refractivity contribution in [3.8, 4) is 0 Å². The Morgan fingerprint density at radius 1 is 1.26 bits per heavy atom. The summed E-state index contributed by atoms with van der Waals surface area (Å²) in [7, 11) is 0. The van der Waals surface area contributed by atoms with E-state index >= 15 is 0 Å². The number of carbonyl (C=O) groups excluding carboxylic acids is 2. The molecule has 1 N–H and O–H groups in total. The van der Waals surface area contributed by atoms with E-state index in [4.69, 9.17) is 0 Å². The number of aldehydes is 1. The molecule has 1 aliphatic heterocycles. The van der Waals surface area contributed by atoms with Crippen LogP contribution >= 0.6 is 0 Å². The fourth-order valence-electron chi connectivity index (χ4n) is 4.22. The molecule has 0 aliphatic carbocycles.